The first-order valence-electron chi connectivity index (χ1n) is 6.31. The molecule has 0 aliphatic carbocycles. The highest BCUT2D eigenvalue weighted by atomic mass is 35.5. The van der Waals surface area contributed by atoms with Crippen molar-refractivity contribution in [1.29, 1.82) is 0 Å². The van der Waals surface area contributed by atoms with Crippen LogP contribution in [-0.2, 0) is 6.42 Å². The van der Waals surface area contributed by atoms with Crippen LogP contribution in [-0.4, -0.2) is 25.2 Å². The van der Waals surface area contributed by atoms with Gasteiger partial charge in [0.25, 0.3) is 0 Å². The van der Waals surface area contributed by atoms with E-state index in [9.17, 15) is 4.79 Å². The number of carbonyl (C=O) groups is 1. The molecule has 4 nitrogen and oxygen atoms in total. The van der Waals surface area contributed by atoms with Crippen molar-refractivity contribution in [1.82, 2.24) is 10.6 Å². The molecule has 0 unspecified atom stereocenters. The molecule has 0 aliphatic heterocycles. The summed E-state index contributed by atoms with van der Waals surface area (Å²) < 4.78 is 5.08. The van der Waals surface area contributed by atoms with Crippen molar-refractivity contribution in [3.05, 3.63) is 27.7 Å². The minimum Gasteiger partial charge on any atom is -0.495 e. The van der Waals surface area contributed by atoms with E-state index in [1.165, 1.54) is 7.11 Å². The van der Waals surface area contributed by atoms with Crippen LogP contribution in [0.1, 0.15) is 26.3 Å². The third-order valence-electron chi connectivity index (χ3n) is 2.49. The molecule has 6 heteroatoms. The molecule has 0 aliphatic rings. The predicted octanol–water partition coefficient (Wildman–Crippen LogP) is 3.64. The van der Waals surface area contributed by atoms with Crippen LogP contribution >= 0.6 is 23.2 Å². The summed E-state index contributed by atoms with van der Waals surface area (Å²) in [5.74, 6) is 0.541. The Balaban J connectivity index is 2.54. The number of rotatable bonds is 4. The van der Waals surface area contributed by atoms with Gasteiger partial charge in [0.2, 0.25) is 0 Å². The van der Waals surface area contributed by atoms with Gasteiger partial charge < -0.3 is 15.4 Å². The predicted molar refractivity (Wildman–Crippen MR) is 83.0 cm³/mol. The van der Waals surface area contributed by atoms with E-state index in [2.05, 4.69) is 10.6 Å². The molecule has 1 aromatic carbocycles. The van der Waals surface area contributed by atoms with E-state index in [0.717, 1.165) is 5.56 Å². The number of methoxy groups -OCH3 is 1. The highest BCUT2D eigenvalue weighted by Crippen LogP contribution is 2.30. The Kier molecular flexibility index (Phi) is 5.96. The van der Waals surface area contributed by atoms with Crippen molar-refractivity contribution in [3.63, 3.8) is 0 Å². The smallest absolute Gasteiger partial charge is 0.315 e. The molecule has 0 heterocycles. The molecule has 0 saturated heterocycles. The number of urea groups is 1. The van der Waals surface area contributed by atoms with Gasteiger partial charge in [0.15, 0.2) is 0 Å². The van der Waals surface area contributed by atoms with E-state index in [1.807, 2.05) is 20.8 Å². The zero-order valence-electron chi connectivity index (χ0n) is 12.1. The summed E-state index contributed by atoms with van der Waals surface area (Å²) in [4.78, 5) is 11.6. The SMILES string of the molecule is COc1cc(Cl)c(CCNC(=O)NC(C)(C)C)cc1Cl. The number of halogens is 2. The second-order valence-electron chi connectivity index (χ2n) is 5.46. The first-order chi connectivity index (χ1) is 9.23. The lowest BCUT2D eigenvalue weighted by Gasteiger charge is -2.20. The zero-order valence-corrected chi connectivity index (χ0v) is 13.7. The van der Waals surface area contributed by atoms with Crippen molar-refractivity contribution in [3.8, 4) is 5.75 Å². The minimum atomic E-state index is -0.259. The maximum atomic E-state index is 11.6. The van der Waals surface area contributed by atoms with Crippen molar-refractivity contribution in [2.75, 3.05) is 13.7 Å². The van der Waals surface area contributed by atoms with Gasteiger partial charge in [-0.05, 0) is 38.8 Å². The van der Waals surface area contributed by atoms with Gasteiger partial charge in [0.05, 0.1) is 12.1 Å². The average Bonchev–Trinajstić information content (AvgIpc) is 2.30. The molecule has 2 amide bonds. The summed E-state index contributed by atoms with van der Waals surface area (Å²) in [5.41, 5.74) is 0.610. The number of nitrogens with one attached hydrogen (secondary N) is 2. The standard InChI is InChI=1S/C14H20Cl2N2O2/c1-14(2,3)18-13(19)17-6-5-9-7-11(16)12(20-4)8-10(9)15/h7-8H,5-6H2,1-4H3,(H2,17,18,19). The van der Waals surface area contributed by atoms with Crippen LogP contribution in [0.4, 0.5) is 4.79 Å². The van der Waals surface area contributed by atoms with Crippen molar-refractivity contribution in [2.24, 2.45) is 0 Å². The fraction of sp³-hybridized carbons (Fsp3) is 0.500. The summed E-state index contributed by atoms with van der Waals surface area (Å²) in [6.07, 6.45) is 0.597. The maximum Gasteiger partial charge on any atom is 0.315 e. The highest BCUT2D eigenvalue weighted by molar-refractivity contribution is 6.34. The number of ether oxygens (including phenoxy) is 1. The topological polar surface area (TPSA) is 50.4 Å². The quantitative estimate of drug-likeness (QED) is 0.890. The van der Waals surface area contributed by atoms with Crippen LogP contribution in [0.25, 0.3) is 0 Å². The van der Waals surface area contributed by atoms with E-state index in [4.69, 9.17) is 27.9 Å². The number of benzene rings is 1. The molecule has 2 N–H and O–H groups in total. The lowest BCUT2D eigenvalue weighted by Crippen LogP contribution is -2.46. The number of amides is 2. The largest absolute Gasteiger partial charge is 0.495 e. The van der Waals surface area contributed by atoms with Gasteiger partial charge in [-0.1, -0.05) is 23.2 Å². The van der Waals surface area contributed by atoms with E-state index in [1.54, 1.807) is 12.1 Å². The molecule has 0 spiro atoms. The molecule has 0 bridgehead atoms. The van der Waals surface area contributed by atoms with Gasteiger partial charge in [0.1, 0.15) is 5.75 Å². The first-order valence-corrected chi connectivity index (χ1v) is 7.06. The Labute approximate surface area is 129 Å². The molecule has 0 atom stereocenters. The van der Waals surface area contributed by atoms with Crippen LogP contribution in [0.2, 0.25) is 10.0 Å². The van der Waals surface area contributed by atoms with Gasteiger partial charge in [-0.25, -0.2) is 4.79 Å². The molecule has 20 heavy (non-hydrogen) atoms. The van der Waals surface area contributed by atoms with Crippen LogP contribution in [0.5, 0.6) is 5.75 Å². The molecule has 0 aromatic heterocycles. The fourth-order valence-corrected chi connectivity index (χ4v) is 2.12. The Bertz CT molecular complexity index is 485. The van der Waals surface area contributed by atoms with Gasteiger partial charge in [-0.15, -0.1) is 0 Å². The van der Waals surface area contributed by atoms with Crippen molar-refractivity contribution >= 4 is 29.2 Å². The maximum absolute atomic E-state index is 11.6. The summed E-state index contributed by atoms with van der Waals surface area (Å²) in [5, 5.41) is 6.68. The molecule has 0 radical (unpaired) electrons. The van der Waals surface area contributed by atoms with E-state index >= 15 is 0 Å². The second-order valence-corrected chi connectivity index (χ2v) is 6.27. The number of hydrogen-bond acceptors (Lipinski definition) is 2. The summed E-state index contributed by atoms with van der Waals surface area (Å²) in [7, 11) is 1.54. The van der Waals surface area contributed by atoms with Crippen LogP contribution in [0.3, 0.4) is 0 Å². The summed E-state index contributed by atoms with van der Waals surface area (Å²) in [6, 6.07) is 3.23. The van der Waals surface area contributed by atoms with Crippen molar-refractivity contribution in [2.45, 2.75) is 32.7 Å². The fourth-order valence-electron chi connectivity index (χ4n) is 1.61. The first kappa shape index (κ1) is 16.9. The normalized spacial score (nSPS) is 11.1. The minimum absolute atomic E-state index is 0.201. The second kappa shape index (κ2) is 7.04. The average molecular weight is 319 g/mol. The number of hydrogen-bond donors (Lipinski definition) is 2. The molecule has 112 valence electrons. The van der Waals surface area contributed by atoms with Crippen LogP contribution in [0, 0.1) is 0 Å². The Hall–Kier alpha value is -1.13. The number of carbonyl (C=O) groups excluding carboxylic acids is 1. The Morgan fingerprint density at radius 2 is 1.90 bits per heavy atom. The van der Waals surface area contributed by atoms with Gasteiger partial charge in [-0.3, -0.25) is 0 Å². The Morgan fingerprint density at radius 1 is 1.25 bits per heavy atom. The van der Waals surface area contributed by atoms with Gasteiger partial charge in [0, 0.05) is 23.2 Å². The third-order valence-corrected chi connectivity index (χ3v) is 3.14. The van der Waals surface area contributed by atoms with Gasteiger partial charge in [-0.2, -0.15) is 0 Å². The van der Waals surface area contributed by atoms with Crippen LogP contribution < -0.4 is 15.4 Å². The molecular formula is C14H20Cl2N2O2. The summed E-state index contributed by atoms with van der Waals surface area (Å²) >= 11 is 12.2. The lowest BCUT2D eigenvalue weighted by molar-refractivity contribution is 0.232. The van der Waals surface area contributed by atoms with Crippen LogP contribution in [0.15, 0.2) is 12.1 Å². The lowest BCUT2D eigenvalue weighted by atomic mass is 10.1. The van der Waals surface area contributed by atoms with Gasteiger partial charge >= 0.3 is 6.03 Å². The Morgan fingerprint density at radius 3 is 2.45 bits per heavy atom. The zero-order chi connectivity index (χ0) is 15.3. The molecule has 0 fully saturated rings. The van der Waals surface area contributed by atoms with E-state index in [0.29, 0.717) is 28.8 Å². The third kappa shape index (κ3) is 5.47. The molecular weight excluding hydrogens is 299 g/mol. The monoisotopic (exact) mass is 318 g/mol. The highest BCUT2D eigenvalue weighted by Gasteiger charge is 2.13. The van der Waals surface area contributed by atoms with Crippen molar-refractivity contribution < 1.29 is 9.53 Å². The van der Waals surface area contributed by atoms with E-state index < -0.39 is 0 Å². The molecule has 1 aromatic rings. The molecule has 0 saturated carbocycles. The summed E-state index contributed by atoms with van der Waals surface area (Å²) in [6.45, 7) is 6.25. The molecule has 1 rings (SSSR count). The van der Waals surface area contributed by atoms with E-state index in [-0.39, 0.29) is 11.6 Å².